The van der Waals surface area contributed by atoms with Crippen LogP contribution in [0.4, 0.5) is 10.1 Å². The Bertz CT molecular complexity index is 760. The fourth-order valence-electron chi connectivity index (χ4n) is 1.78. The summed E-state index contributed by atoms with van der Waals surface area (Å²) in [5, 5.41) is 0.345. The number of aryl methyl sites for hydroxylation is 1. The van der Waals surface area contributed by atoms with E-state index in [1.165, 1.54) is 24.3 Å². The van der Waals surface area contributed by atoms with Crippen molar-refractivity contribution in [2.24, 2.45) is 0 Å². The molecular formula is C14H13ClFNO2S. The molecule has 3 nitrogen and oxygen atoms in total. The minimum absolute atomic E-state index is 0.0324. The van der Waals surface area contributed by atoms with Gasteiger partial charge in [0.1, 0.15) is 5.82 Å². The predicted octanol–water partition coefficient (Wildman–Crippen LogP) is 3.90. The van der Waals surface area contributed by atoms with E-state index in [4.69, 9.17) is 11.6 Å². The first-order valence-electron chi connectivity index (χ1n) is 5.85. The van der Waals surface area contributed by atoms with Crippen molar-refractivity contribution in [1.29, 1.82) is 0 Å². The summed E-state index contributed by atoms with van der Waals surface area (Å²) in [5.74, 6) is -0.617. The van der Waals surface area contributed by atoms with Crippen LogP contribution in [0.5, 0.6) is 0 Å². The molecule has 0 fully saturated rings. The van der Waals surface area contributed by atoms with Gasteiger partial charge in [0.15, 0.2) is 0 Å². The fraction of sp³-hybridized carbons (Fsp3) is 0.143. The molecule has 0 aromatic heterocycles. The third kappa shape index (κ3) is 2.94. The van der Waals surface area contributed by atoms with Gasteiger partial charge in [0.25, 0.3) is 10.0 Å². The lowest BCUT2D eigenvalue weighted by atomic mass is 10.2. The molecule has 0 aliphatic rings. The molecular weight excluding hydrogens is 301 g/mol. The molecule has 0 atom stereocenters. The number of hydrogen-bond donors (Lipinski definition) is 1. The molecule has 2 aromatic carbocycles. The zero-order valence-electron chi connectivity index (χ0n) is 10.9. The molecule has 2 aromatic rings. The van der Waals surface area contributed by atoms with Gasteiger partial charge in [-0.1, -0.05) is 23.7 Å². The van der Waals surface area contributed by atoms with Gasteiger partial charge in [0, 0.05) is 5.02 Å². The van der Waals surface area contributed by atoms with Crippen molar-refractivity contribution in [2.75, 3.05) is 4.72 Å². The molecule has 0 spiro atoms. The highest BCUT2D eigenvalue weighted by molar-refractivity contribution is 7.92. The van der Waals surface area contributed by atoms with Crippen LogP contribution >= 0.6 is 11.6 Å². The predicted molar refractivity (Wildman–Crippen MR) is 78.1 cm³/mol. The zero-order chi connectivity index (χ0) is 14.9. The van der Waals surface area contributed by atoms with E-state index in [0.717, 1.165) is 0 Å². The second kappa shape index (κ2) is 5.42. The minimum atomic E-state index is -3.88. The van der Waals surface area contributed by atoms with Gasteiger partial charge in [-0.3, -0.25) is 4.72 Å². The Morgan fingerprint density at radius 1 is 1.15 bits per heavy atom. The number of halogens is 2. The molecule has 0 radical (unpaired) electrons. The average Bonchev–Trinajstić information content (AvgIpc) is 2.36. The van der Waals surface area contributed by atoms with Crippen molar-refractivity contribution in [3.8, 4) is 0 Å². The third-order valence-corrected chi connectivity index (χ3v) is 4.80. The number of benzene rings is 2. The van der Waals surface area contributed by atoms with E-state index in [0.29, 0.717) is 16.1 Å². The molecule has 0 saturated carbocycles. The van der Waals surface area contributed by atoms with Crippen molar-refractivity contribution < 1.29 is 12.8 Å². The third-order valence-electron chi connectivity index (χ3n) is 2.88. The molecule has 0 heterocycles. The van der Waals surface area contributed by atoms with Crippen molar-refractivity contribution >= 4 is 27.3 Å². The molecule has 0 saturated heterocycles. The van der Waals surface area contributed by atoms with Crippen LogP contribution < -0.4 is 4.72 Å². The number of anilines is 1. The number of hydrogen-bond acceptors (Lipinski definition) is 2. The highest BCUT2D eigenvalue weighted by Gasteiger charge is 2.19. The molecule has 6 heteroatoms. The van der Waals surface area contributed by atoms with Crippen molar-refractivity contribution in [3.63, 3.8) is 0 Å². The molecule has 0 aliphatic carbocycles. The van der Waals surface area contributed by atoms with Gasteiger partial charge in [0.05, 0.1) is 10.6 Å². The Labute approximate surface area is 122 Å². The van der Waals surface area contributed by atoms with E-state index in [1.807, 2.05) is 0 Å². The molecule has 1 N–H and O–H groups in total. The Kier molecular flexibility index (Phi) is 4.01. The van der Waals surface area contributed by atoms with Gasteiger partial charge < -0.3 is 0 Å². The molecule has 0 aliphatic heterocycles. The van der Waals surface area contributed by atoms with E-state index < -0.39 is 15.8 Å². The lowest BCUT2D eigenvalue weighted by Gasteiger charge is -2.12. The topological polar surface area (TPSA) is 46.2 Å². The highest BCUT2D eigenvalue weighted by atomic mass is 35.5. The number of rotatable bonds is 3. The summed E-state index contributed by atoms with van der Waals surface area (Å²) in [5.41, 5.74) is 1.05. The van der Waals surface area contributed by atoms with Crippen LogP contribution in [-0.2, 0) is 10.0 Å². The first-order valence-corrected chi connectivity index (χ1v) is 7.71. The maximum atomic E-state index is 13.7. The lowest BCUT2D eigenvalue weighted by Crippen LogP contribution is -2.15. The standard InChI is InChI=1S/C14H13ClFNO2S/c1-9-6-7-13(12(16)8-9)17-20(18,19)14-5-3-4-11(15)10(14)2/h3-8,17H,1-2H3. The van der Waals surface area contributed by atoms with E-state index in [-0.39, 0.29) is 10.6 Å². The van der Waals surface area contributed by atoms with Gasteiger partial charge in [-0.25, -0.2) is 12.8 Å². The van der Waals surface area contributed by atoms with Crippen LogP contribution in [0, 0.1) is 19.7 Å². The molecule has 0 amide bonds. The van der Waals surface area contributed by atoms with Crippen molar-refractivity contribution in [3.05, 3.63) is 58.4 Å². The Morgan fingerprint density at radius 3 is 2.50 bits per heavy atom. The quantitative estimate of drug-likeness (QED) is 0.934. The van der Waals surface area contributed by atoms with Gasteiger partial charge in [0.2, 0.25) is 0 Å². The van der Waals surface area contributed by atoms with Crippen LogP contribution in [-0.4, -0.2) is 8.42 Å². The summed E-state index contributed by atoms with van der Waals surface area (Å²) >= 11 is 5.91. The van der Waals surface area contributed by atoms with Gasteiger partial charge >= 0.3 is 0 Å². The van der Waals surface area contributed by atoms with Gasteiger partial charge in [-0.05, 0) is 49.2 Å². The van der Waals surface area contributed by atoms with Crippen molar-refractivity contribution in [1.82, 2.24) is 0 Å². The highest BCUT2D eigenvalue weighted by Crippen LogP contribution is 2.25. The Morgan fingerprint density at radius 2 is 1.85 bits per heavy atom. The van der Waals surface area contributed by atoms with E-state index in [1.54, 1.807) is 26.0 Å². The van der Waals surface area contributed by atoms with Crippen molar-refractivity contribution in [2.45, 2.75) is 18.7 Å². The van der Waals surface area contributed by atoms with Crippen LogP contribution in [0.15, 0.2) is 41.3 Å². The second-order valence-corrected chi connectivity index (χ2v) is 6.51. The van der Waals surface area contributed by atoms with E-state index in [2.05, 4.69) is 4.72 Å². The summed E-state index contributed by atoms with van der Waals surface area (Å²) in [6, 6.07) is 8.85. The molecule has 2 rings (SSSR count). The Balaban J connectivity index is 2.44. The largest absolute Gasteiger partial charge is 0.277 e. The molecule has 20 heavy (non-hydrogen) atoms. The van der Waals surface area contributed by atoms with Gasteiger partial charge in [-0.2, -0.15) is 0 Å². The van der Waals surface area contributed by atoms with Gasteiger partial charge in [-0.15, -0.1) is 0 Å². The van der Waals surface area contributed by atoms with E-state index in [9.17, 15) is 12.8 Å². The summed E-state index contributed by atoms with van der Waals surface area (Å²) in [6.07, 6.45) is 0. The van der Waals surface area contributed by atoms with Crippen LogP contribution in [0.25, 0.3) is 0 Å². The summed E-state index contributed by atoms with van der Waals surface area (Å²) in [7, 11) is -3.88. The fourth-order valence-corrected chi connectivity index (χ4v) is 3.35. The summed E-state index contributed by atoms with van der Waals surface area (Å²) in [6.45, 7) is 3.32. The molecule has 106 valence electrons. The average molecular weight is 314 g/mol. The Hall–Kier alpha value is -1.59. The summed E-state index contributed by atoms with van der Waals surface area (Å²) in [4.78, 5) is 0.0324. The first-order chi connectivity index (χ1) is 9.31. The maximum absolute atomic E-state index is 13.7. The SMILES string of the molecule is Cc1ccc(NS(=O)(=O)c2cccc(Cl)c2C)c(F)c1. The number of nitrogens with one attached hydrogen (secondary N) is 1. The normalized spacial score (nSPS) is 11.4. The maximum Gasteiger partial charge on any atom is 0.262 e. The summed E-state index contributed by atoms with van der Waals surface area (Å²) < 4.78 is 40.5. The minimum Gasteiger partial charge on any atom is -0.277 e. The smallest absolute Gasteiger partial charge is 0.262 e. The zero-order valence-corrected chi connectivity index (χ0v) is 12.5. The van der Waals surface area contributed by atoms with Crippen LogP contribution in [0.2, 0.25) is 5.02 Å². The van der Waals surface area contributed by atoms with Crippen LogP contribution in [0.3, 0.4) is 0 Å². The van der Waals surface area contributed by atoms with Crippen LogP contribution in [0.1, 0.15) is 11.1 Å². The number of sulfonamides is 1. The second-order valence-electron chi connectivity index (χ2n) is 4.45. The lowest BCUT2D eigenvalue weighted by molar-refractivity contribution is 0.598. The van der Waals surface area contributed by atoms with E-state index >= 15 is 0 Å². The molecule has 0 unspecified atom stereocenters. The first kappa shape index (κ1) is 14.8. The molecule has 0 bridgehead atoms. The monoisotopic (exact) mass is 313 g/mol.